The van der Waals surface area contributed by atoms with E-state index < -0.39 is 0 Å². The fraction of sp³-hybridized carbons (Fsp3) is 0.0870. The fourth-order valence-electron chi connectivity index (χ4n) is 2.93. The van der Waals surface area contributed by atoms with Gasteiger partial charge in [0.05, 0.1) is 16.8 Å². The number of hydrogen-bond donors (Lipinski definition) is 0. The lowest BCUT2D eigenvalue weighted by atomic mass is 10.2. The van der Waals surface area contributed by atoms with E-state index in [1.165, 1.54) is 11.3 Å². The van der Waals surface area contributed by atoms with Gasteiger partial charge in [-0.2, -0.15) is 0 Å². The summed E-state index contributed by atoms with van der Waals surface area (Å²) >= 11 is 3.19. The van der Waals surface area contributed by atoms with Crippen molar-refractivity contribution in [3.05, 3.63) is 90.3 Å². The number of nitrogens with zero attached hydrogens (tertiary/aromatic N) is 3. The molecule has 0 saturated carbocycles. The Bertz CT molecular complexity index is 1140. The van der Waals surface area contributed by atoms with Crippen molar-refractivity contribution in [2.75, 3.05) is 11.2 Å². The van der Waals surface area contributed by atoms with Crippen LogP contribution in [0.1, 0.15) is 11.1 Å². The van der Waals surface area contributed by atoms with Gasteiger partial charge in [0.2, 0.25) is 0 Å². The summed E-state index contributed by atoms with van der Waals surface area (Å²) in [5.41, 5.74) is 2.88. The Morgan fingerprint density at radius 1 is 1.10 bits per heavy atom. The summed E-state index contributed by atoms with van der Waals surface area (Å²) in [7, 11) is 0. The van der Waals surface area contributed by atoms with Crippen LogP contribution in [0.4, 0.5) is 5.13 Å². The van der Waals surface area contributed by atoms with Crippen LogP contribution in [-0.2, 0) is 11.3 Å². The number of aromatic nitrogens is 2. The highest BCUT2D eigenvalue weighted by Gasteiger charge is 2.19. The van der Waals surface area contributed by atoms with Crippen LogP contribution in [0.5, 0.6) is 0 Å². The van der Waals surface area contributed by atoms with Crippen LogP contribution >= 0.6 is 23.1 Å². The zero-order valence-corrected chi connectivity index (χ0v) is 17.5. The number of fused-ring (bicyclic) bond motifs is 1. The Morgan fingerprint density at radius 3 is 2.72 bits per heavy atom. The summed E-state index contributed by atoms with van der Waals surface area (Å²) in [6, 6.07) is 19.8. The molecule has 1 amide bonds. The molecule has 0 saturated heterocycles. The topological polar surface area (TPSA) is 46.1 Å². The molecular formula is C23H19N3OS2. The molecule has 0 unspecified atom stereocenters. The van der Waals surface area contributed by atoms with Crippen LogP contribution in [0, 0.1) is 0 Å². The van der Waals surface area contributed by atoms with Crippen molar-refractivity contribution in [1.82, 2.24) is 9.97 Å². The summed E-state index contributed by atoms with van der Waals surface area (Å²) in [5, 5.41) is 0.688. The van der Waals surface area contributed by atoms with Gasteiger partial charge >= 0.3 is 0 Å². The van der Waals surface area contributed by atoms with Crippen molar-refractivity contribution < 1.29 is 4.79 Å². The zero-order chi connectivity index (χ0) is 20.1. The average Bonchev–Trinajstić information content (AvgIpc) is 3.21. The molecule has 0 fully saturated rings. The molecule has 4 aromatic rings. The number of para-hydroxylation sites is 1. The van der Waals surface area contributed by atoms with E-state index in [0.29, 0.717) is 11.7 Å². The molecule has 2 aromatic heterocycles. The maximum Gasteiger partial charge on any atom is 0.253 e. The summed E-state index contributed by atoms with van der Waals surface area (Å²) < 4.78 is 1.07. The largest absolute Gasteiger partial charge is 0.280 e. The number of benzene rings is 2. The van der Waals surface area contributed by atoms with Crippen LogP contribution in [-0.4, -0.2) is 22.1 Å². The van der Waals surface area contributed by atoms with Gasteiger partial charge in [-0.05, 0) is 41.7 Å². The molecule has 0 aliphatic heterocycles. The van der Waals surface area contributed by atoms with Crippen molar-refractivity contribution in [2.24, 2.45) is 0 Å². The summed E-state index contributed by atoms with van der Waals surface area (Å²) in [5.74, 6) is -0.109. The van der Waals surface area contributed by atoms with E-state index >= 15 is 0 Å². The number of pyridine rings is 1. The molecule has 0 atom stereocenters. The van der Waals surface area contributed by atoms with E-state index in [1.807, 2.05) is 66.9 Å². The van der Waals surface area contributed by atoms with Crippen LogP contribution in [0.2, 0.25) is 0 Å². The quantitative estimate of drug-likeness (QED) is 0.300. The Hall–Kier alpha value is -2.96. The minimum Gasteiger partial charge on any atom is -0.280 e. The van der Waals surface area contributed by atoms with E-state index in [4.69, 9.17) is 4.98 Å². The molecule has 29 heavy (non-hydrogen) atoms. The third kappa shape index (κ3) is 4.55. The lowest BCUT2D eigenvalue weighted by Crippen LogP contribution is -2.28. The number of rotatable bonds is 6. The molecular weight excluding hydrogens is 398 g/mol. The number of carbonyl (C=O) groups excluding carboxylic acids is 1. The lowest BCUT2D eigenvalue weighted by Gasteiger charge is -2.18. The van der Waals surface area contributed by atoms with Gasteiger partial charge in [0.15, 0.2) is 5.13 Å². The average molecular weight is 418 g/mol. The second-order valence-corrected chi connectivity index (χ2v) is 8.19. The maximum atomic E-state index is 13.1. The van der Waals surface area contributed by atoms with Gasteiger partial charge in [0.25, 0.3) is 5.91 Å². The lowest BCUT2D eigenvalue weighted by molar-refractivity contribution is -0.114. The molecule has 0 bridgehead atoms. The molecule has 2 heterocycles. The smallest absolute Gasteiger partial charge is 0.253 e. The van der Waals surface area contributed by atoms with Crippen molar-refractivity contribution in [3.8, 4) is 0 Å². The normalized spacial score (nSPS) is 11.2. The highest BCUT2D eigenvalue weighted by Crippen LogP contribution is 2.34. The third-order valence-corrected chi connectivity index (χ3v) is 6.18. The van der Waals surface area contributed by atoms with E-state index in [1.54, 1.807) is 35.1 Å². The number of amides is 1. The van der Waals surface area contributed by atoms with E-state index in [-0.39, 0.29) is 5.91 Å². The minimum atomic E-state index is -0.109. The van der Waals surface area contributed by atoms with Crippen LogP contribution in [0.3, 0.4) is 0 Å². The SMILES string of the molecule is CSc1cccc2sc(N(Cc3cccnc3)C(=O)C=Cc3ccccc3)nc12. The molecule has 4 rings (SSSR count). The van der Waals surface area contributed by atoms with Crippen molar-refractivity contribution in [1.29, 1.82) is 0 Å². The highest BCUT2D eigenvalue weighted by atomic mass is 32.2. The summed E-state index contributed by atoms with van der Waals surface area (Å²) in [4.78, 5) is 24.9. The number of carbonyl (C=O) groups is 1. The predicted octanol–water partition coefficient (Wildman–Crippen LogP) is 5.66. The first-order valence-electron chi connectivity index (χ1n) is 9.11. The van der Waals surface area contributed by atoms with Gasteiger partial charge in [0, 0.05) is 23.4 Å². The molecule has 144 valence electrons. The second kappa shape index (κ2) is 9.03. The molecule has 0 spiro atoms. The standard InChI is InChI=1S/C23H19N3OS2/c1-28-19-10-5-11-20-22(19)25-23(29-20)26(16-18-9-6-14-24-15-18)21(27)13-12-17-7-3-2-4-8-17/h2-15H,16H2,1H3. The molecule has 0 radical (unpaired) electrons. The third-order valence-electron chi connectivity index (χ3n) is 4.37. The zero-order valence-electron chi connectivity index (χ0n) is 15.9. The number of thioether (sulfide) groups is 1. The van der Waals surface area contributed by atoms with E-state index in [9.17, 15) is 4.79 Å². The first kappa shape index (κ1) is 19.4. The van der Waals surface area contributed by atoms with Gasteiger partial charge in [-0.25, -0.2) is 4.98 Å². The van der Waals surface area contributed by atoms with Crippen molar-refractivity contribution >= 4 is 50.4 Å². The first-order valence-corrected chi connectivity index (χ1v) is 11.2. The molecule has 6 heteroatoms. The number of anilines is 1. The Morgan fingerprint density at radius 2 is 1.97 bits per heavy atom. The Kier molecular flexibility index (Phi) is 6.03. The van der Waals surface area contributed by atoms with Crippen molar-refractivity contribution in [3.63, 3.8) is 0 Å². The minimum absolute atomic E-state index is 0.109. The molecule has 0 aliphatic rings. The number of hydrogen-bond acceptors (Lipinski definition) is 5. The molecule has 2 aromatic carbocycles. The highest BCUT2D eigenvalue weighted by molar-refractivity contribution is 7.98. The molecule has 0 aliphatic carbocycles. The van der Waals surface area contributed by atoms with Gasteiger partial charge in [-0.1, -0.05) is 53.8 Å². The van der Waals surface area contributed by atoms with Crippen molar-refractivity contribution in [2.45, 2.75) is 11.4 Å². The second-order valence-electron chi connectivity index (χ2n) is 6.33. The summed E-state index contributed by atoms with van der Waals surface area (Å²) in [6.07, 6.45) is 8.98. The van der Waals surface area contributed by atoms with E-state index in [0.717, 1.165) is 26.2 Å². The van der Waals surface area contributed by atoms with Crippen LogP contribution in [0.15, 0.2) is 84.0 Å². The van der Waals surface area contributed by atoms with Gasteiger partial charge in [-0.15, -0.1) is 11.8 Å². The van der Waals surface area contributed by atoms with E-state index in [2.05, 4.69) is 11.1 Å². The molecule has 0 N–H and O–H groups in total. The van der Waals surface area contributed by atoms with Gasteiger partial charge in [-0.3, -0.25) is 14.7 Å². The molecule has 4 nitrogen and oxygen atoms in total. The monoisotopic (exact) mass is 417 g/mol. The van der Waals surface area contributed by atoms with Crippen LogP contribution < -0.4 is 4.90 Å². The maximum absolute atomic E-state index is 13.1. The first-order chi connectivity index (χ1) is 14.2. The van der Waals surface area contributed by atoms with Gasteiger partial charge < -0.3 is 0 Å². The van der Waals surface area contributed by atoms with Gasteiger partial charge in [0.1, 0.15) is 0 Å². The predicted molar refractivity (Wildman–Crippen MR) is 122 cm³/mol. The number of thiazole rings is 1. The van der Waals surface area contributed by atoms with Crippen LogP contribution in [0.25, 0.3) is 16.3 Å². The summed E-state index contributed by atoms with van der Waals surface area (Å²) in [6.45, 7) is 0.417. The fourth-order valence-corrected chi connectivity index (χ4v) is 4.55. The Balaban J connectivity index is 1.70. The Labute approximate surface area is 177 Å².